The highest BCUT2D eigenvalue weighted by atomic mass is 35.5. The fourth-order valence-corrected chi connectivity index (χ4v) is 13.0. The van der Waals surface area contributed by atoms with Gasteiger partial charge in [0.05, 0.1) is 105 Å². The van der Waals surface area contributed by atoms with Crippen LogP contribution >= 0.6 is 34.8 Å². The number of aromatic hydroxyl groups is 2. The van der Waals surface area contributed by atoms with E-state index in [1.165, 1.54) is 57.7 Å². The van der Waals surface area contributed by atoms with Gasteiger partial charge in [-0.25, -0.2) is 19.2 Å². The molecule has 4 aromatic heterocycles. The van der Waals surface area contributed by atoms with Crippen molar-refractivity contribution in [3.8, 4) is 41.0 Å². The van der Waals surface area contributed by atoms with Gasteiger partial charge in [0, 0.05) is 66.8 Å². The van der Waals surface area contributed by atoms with Gasteiger partial charge in [0.1, 0.15) is 45.3 Å². The molecule has 0 amide bonds. The minimum Gasteiger partial charge on any atom is -0.507 e. The topological polar surface area (TPSA) is 561 Å². The normalized spacial score (nSPS) is 14.0. The lowest BCUT2D eigenvalue weighted by Crippen LogP contribution is -2.20. The molecule has 0 aliphatic carbocycles. The van der Waals surface area contributed by atoms with Crippen LogP contribution in [0.25, 0.3) is 0 Å². The van der Waals surface area contributed by atoms with E-state index >= 15 is 0 Å². The molecule has 16 N–H and O–H groups in total. The molecule has 0 fully saturated rings. The maximum atomic E-state index is 12.3. The van der Waals surface area contributed by atoms with Crippen molar-refractivity contribution in [2.45, 2.75) is 103 Å². The van der Waals surface area contributed by atoms with E-state index in [4.69, 9.17) is 94.4 Å². The highest BCUT2D eigenvalue weighted by molar-refractivity contribution is 6.33. The van der Waals surface area contributed by atoms with Crippen molar-refractivity contribution < 1.29 is 97.2 Å². The average Bonchev–Trinajstić information content (AvgIpc) is 0.839. The second kappa shape index (κ2) is 60.1. The zero-order chi connectivity index (χ0) is 99.4. The average molecular weight is 1960 g/mol. The Balaban J connectivity index is 0.000000217. The van der Waals surface area contributed by atoms with Gasteiger partial charge in [-0.2, -0.15) is 59.8 Å². The Bertz CT molecular complexity index is 5670. The van der Waals surface area contributed by atoms with Gasteiger partial charge < -0.3 is 121 Å². The van der Waals surface area contributed by atoms with Gasteiger partial charge in [-0.15, -0.1) is 0 Å². The van der Waals surface area contributed by atoms with E-state index in [0.717, 1.165) is 73.6 Å². The minimum atomic E-state index is -1.05. The number of nitrogens with two attached hydrogens (primary N) is 2. The number of carboxylic acids is 1. The highest BCUT2D eigenvalue weighted by Crippen LogP contribution is 2.33. The Morgan fingerprint density at radius 1 is 0.442 bits per heavy atom. The van der Waals surface area contributed by atoms with Crippen LogP contribution in [0.4, 0.5) is 58.4 Å². The third kappa shape index (κ3) is 37.6. The zero-order valence-corrected chi connectivity index (χ0v) is 79.2. The van der Waals surface area contributed by atoms with E-state index < -0.39 is 29.9 Å². The monoisotopic (exact) mass is 1960 g/mol. The molecule has 4 unspecified atom stereocenters. The molecule has 12 aromatic rings. The van der Waals surface area contributed by atoms with Crippen LogP contribution in [0.1, 0.15) is 167 Å². The molecule has 2 aliphatic heterocycles. The molecule has 0 spiro atoms. The molecule has 0 saturated carbocycles. The number of benzene rings is 8. The third-order valence-electron chi connectivity index (χ3n) is 19.0. The number of carboxylic acid groups (broad SMARTS) is 1. The summed E-state index contributed by atoms with van der Waals surface area (Å²) in [6, 6.07) is 56.9. The number of aromatic nitrogens is 12. The summed E-state index contributed by atoms with van der Waals surface area (Å²) in [5, 5.41) is 73.9. The number of aliphatic hydroxyl groups is 3. The SMILES string of the molecule is CCO.CCOc1nc(Nc2ccc(C(=O)OC)c(O)c2)nc(NC(CO)c2ccccc2)n1.CCOc1nc2nc(n1)NC(c1ccccc1)COCCCCCCOc1cc(ccc1C(=O)O)N2.CCOc1nc2nc(n1)NC(c1ccccc1)COCCCCCCOc1cc(ccc1C(=O)OC)N2.COC(=O)c1ccc(N)cc1O.Clc1nc(Cl)nc(Cl)n1.NC(CO)c1ccccc1. The lowest BCUT2D eigenvalue weighted by molar-refractivity contribution is 0.0587. The number of phenolic OH excluding ortho intramolecular Hbond substituents is 2. The number of esters is 3. The van der Waals surface area contributed by atoms with Crippen LogP contribution in [-0.4, -0.2) is 215 Å². The van der Waals surface area contributed by atoms with Crippen LogP contribution in [-0.2, 0) is 23.7 Å². The largest absolute Gasteiger partial charge is 0.507 e. The van der Waals surface area contributed by atoms with Gasteiger partial charge in [0.25, 0.3) is 0 Å². The first-order valence-electron chi connectivity index (χ1n) is 43.8. The number of nitrogens with one attached hydrogen (secondary N) is 6. The number of nitrogen functional groups attached to an aromatic ring is 1. The highest BCUT2D eigenvalue weighted by Gasteiger charge is 2.24. The van der Waals surface area contributed by atoms with Crippen molar-refractivity contribution in [1.82, 2.24) is 59.8 Å². The Kier molecular flexibility index (Phi) is 47.4. The van der Waals surface area contributed by atoms with E-state index in [9.17, 15) is 39.6 Å². The van der Waals surface area contributed by atoms with Gasteiger partial charge in [-0.3, -0.25) is 0 Å². The van der Waals surface area contributed by atoms with Crippen molar-refractivity contribution >= 4 is 117 Å². The van der Waals surface area contributed by atoms with Crippen LogP contribution in [0.3, 0.4) is 0 Å². The van der Waals surface area contributed by atoms with Gasteiger partial charge >= 0.3 is 41.9 Å². The first-order valence-corrected chi connectivity index (χ1v) is 44.9. The molecule has 6 heterocycles. The number of anilines is 10. The summed E-state index contributed by atoms with van der Waals surface area (Å²) in [6.45, 7) is 11.5. The number of ether oxygens (including phenoxy) is 10. The maximum absolute atomic E-state index is 12.3. The van der Waals surface area contributed by atoms with Gasteiger partial charge in [0.15, 0.2) is 0 Å². The number of phenols is 2. The number of carbonyl (C=O) groups is 4. The summed E-state index contributed by atoms with van der Waals surface area (Å²) in [4.78, 5) is 96.3. The number of methoxy groups -OCH3 is 3. The summed E-state index contributed by atoms with van der Waals surface area (Å²) >= 11 is 16.0. The Hall–Kier alpha value is -14.5. The molecule has 734 valence electrons. The standard InChI is InChI=1S/C27H33N5O5.C26H31N5O5.C21H23N5O5.C8H9NO3.C8H11NO.C3Cl3N3.C2H6O/c1-3-36-27-31-25-28-20-13-14-21(24(33)34-2)23(17-20)37-16-10-5-4-9-15-35-18-22(29-26(30-25)32-27)19-11-7-6-8-12-19;1-2-35-26-30-24-27-19-12-13-20(23(32)33)22(16-19)36-15-9-4-3-8-14-34-17-21(28-25(29-24)31-26)18-10-6-5-7-11-18;1-3-31-21-25-19(22-14-9-10-15(17(28)11-14)18(29)30-2)24-20(26-21)23-16(12-27)13-7-5-4-6-8-13;1-12-8(11)6-3-2-5(9)4-7(6)10;9-8(6-10)7-4-2-1-3-5-7;4-1-7-2(5)9-3(6)8-1;1-2-3/h6-8,11-14,17,22H,3-5,9-10,15-16,18H2,1-2H3,(H2,28,29,30,31,32);5-7,10-13,16,21H,2-4,8-9,14-15,17H2,1H3,(H,32,33)(H2,27,28,29,30,31);4-11,16,27-28H,3,12H2,1-2H3,(H2,22,23,24,25,26);2-4,10H,9H2,1H3;1-5,8,10H,6,9H2;;3H,2H2,1H3. The van der Waals surface area contributed by atoms with Crippen molar-refractivity contribution in [1.29, 1.82) is 0 Å². The Morgan fingerprint density at radius 2 is 0.833 bits per heavy atom. The molecule has 0 saturated heterocycles. The molecular weight excluding hydrogens is 1850 g/mol. The maximum Gasteiger partial charge on any atom is 0.341 e. The van der Waals surface area contributed by atoms with Gasteiger partial charge in [0.2, 0.25) is 51.5 Å². The van der Waals surface area contributed by atoms with E-state index in [0.29, 0.717) is 111 Å². The Labute approximate surface area is 812 Å². The summed E-state index contributed by atoms with van der Waals surface area (Å²) in [6.07, 6.45) is 7.52. The minimum absolute atomic E-state index is 0.000000000000000444. The second-order valence-electron chi connectivity index (χ2n) is 29.0. The number of hydrogen-bond donors (Lipinski definition) is 14. The lowest BCUT2D eigenvalue weighted by Gasteiger charge is -2.20. The van der Waals surface area contributed by atoms with Gasteiger partial charge in [-0.1, -0.05) is 134 Å². The molecular formula is C95H113Cl3N20O20. The molecule has 4 atom stereocenters. The predicted octanol–water partition coefficient (Wildman–Crippen LogP) is 15.7. The smallest absolute Gasteiger partial charge is 0.341 e. The van der Waals surface area contributed by atoms with Crippen molar-refractivity contribution in [2.75, 3.05) is 138 Å². The van der Waals surface area contributed by atoms with E-state index in [-0.39, 0.29) is 124 Å². The number of rotatable bonds is 20. The number of aliphatic hydroxyl groups excluding tert-OH is 3. The van der Waals surface area contributed by atoms with Crippen molar-refractivity contribution in [3.05, 3.63) is 254 Å². The summed E-state index contributed by atoms with van der Waals surface area (Å²) in [7, 11) is 3.83. The zero-order valence-electron chi connectivity index (χ0n) is 77.0. The second-order valence-corrected chi connectivity index (χ2v) is 30.0. The lowest BCUT2D eigenvalue weighted by atomic mass is 10.1. The molecule has 14 rings (SSSR count). The molecule has 138 heavy (non-hydrogen) atoms. The fraction of sp³-hybridized carbons (Fsp3) is 0.326. The molecule has 8 bridgehead atoms. The van der Waals surface area contributed by atoms with Crippen LogP contribution in [0, 0.1) is 0 Å². The van der Waals surface area contributed by atoms with E-state index in [1.54, 1.807) is 50.2 Å². The van der Waals surface area contributed by atoms with Crippen molar-refractivity contribution in [3.63, 3.8) is 0 Å². The summed E-state index contributed by atoms with van der Waals surface area (Å²) < 4.78 is 54.3. The number of nitrogens with zero attached hydrogens (tertiary/aromatic N) is 12. The third-order valence-corrected chi connectivity index (χ3v) is 19.5. The fourth-order valence-electron chi connectivity index (χ4n) is 12.4. The van der Waals surface area contributed by atoms with Crippen molar-refractivity contribution in [2.24, 2.45) is 5.73 Å². The van der Waals surface area contributed by atoms with E-state index in [1.807, 2.05) is 135 Å². The quantitative estimate of drug-likeness (QED) is 0.0191. The first kappa shape index (κ1) is 109. The number of carbonyl (C=O) groups excluding carboxylic acids is 3. The van der Waals surface area contributed by atoms with Crippen LogP contribution in [0.2, 0.25) is 15.9 Å². The van der Waals surface area contributed by atoms with E-state index in [2.05, 4.69) is 101 Å². The Morgan fingerprint density at radius 3 is 1.26 bits per heavy atom. The molecule has 43 heteroatoms. The molecule has 8 aromatic carbocycles. The van der Waals surface area contributed by atoms with Crippen LogP contribution in [0.5, 0.6) is 41.0 Å². The predicted molar refractivity (Wildman–Crippen MR) is 520 cm³/mol. The van der Waals surface area contributed by atoms with Crippen LogP contribution < -0.4 is 67.1 Å². The number of fused-ring (bicyclic) bond motifs is 8. The summed E-state index contributed by atoms with van der Waals surface area (Å²) in [5.74, 6) is -0.873. The van der Waals surface area contributed by atoms with Gasteiger partial charge in [-0.05, 0) is 172 Å². The number of aromatic carboxylic acids is 1. The molecule has 40 nitrogen and oxygen atoms in total. The number of halogens is 3. The number of hydrogen-bond acceptors (Lipinski definition) is 39. The first-order chi connectivity index (χ1) is 66.9. The molecule has 0 radical (unpaired) electrons. The summed E-state index contributed by atoms with van der Waals surface area (Å²) in [5.41, 5.74) is 17.5. The van der Waals surface area contributed by atoms with Crippen LogP contribution in [0.15, 0.2) is 194 Å². The molecule has 2 aliphatic rings.